The van der Waals surface area contributed by atoms with Gasteiger partial charge in [0.05, 0.1) is 17.1 Å². The van der Waals surface area contributed by atoms with E-state index in [0.29, 0.717) is 5.71 Å². The predicted molar refractivity (Wildman–Crippen MR) is 97.1 cm³/mol. The molecule has 0 saturated carbocycles. The first-order chi connectivity index (χ1) is 12.1. The second-order valence-corrected chi connectivity index (χ2v) is 5.46. The molecule has 2 N–H and O–H groups in total. The Morgan fingerprint density at radius 3 is 2.80 bits per heavy atom. The van der Waals surface area contributed by atoms with E-state index in [2.05, 4.69) is 31.4 Å². The smallest absolute Gasteiger partial charge is 0.191 e. The van der Waals surface area contributed by atoms with E-state index in [-0.39, 0.29) is 16.6 Å². The molecule has 0 bridgehead atoms. The van der Waals surface area contributed by atoms with Crippen LogP contribution >= 0.6 is 12.2 Å². The fourth-order valence-electron chi connectivity index (χ4n) is 2.07. The van der Waals surface area contributed by atoms with Gasteiger partial charge in [0.2, 0.25) is 0 Å². The lowest BCUT2D eigenvalue weighted by Gasteiger charge is -2.09. The zero-order chi connectivity index (χ0) is 17.6. The lowest BCUT2D eigenvalue weighted by molar-refractivity contribution is 0.632. The Kier molecular flexibility index (Phi) is 5.05. The van der Waals surface area contributed by atoms with Crippen LogP contribution in [0, 0.1) is 5.82 Å². The summed E-state index contributed by atoms with van der Waals surface area (Å²) in [6.45, 7) is 1.83. The minimum Gasteiger partial charge on any atom is -0.329 e. The average Bonchev–Trinajstić information content (AvgIpc) is 3.16. The Labute approximate surface area is 148 Å². The van der Waals surface area contributed by atoms with Crippen molar-refractivity contribution in [2.75, 3.05) is 5.32 Å². The van der Waals surface area contributed by atoms with Crippen molar-refractivity contribution in [2.24, 2.45) is 5.10 Å². The van der Waals surface area contributed by atoms with Gasteiger partial charge >= 0.3 is 0 Å². The summed E-state index contributed by atoms with van der Waals surface area (Å²) in [4.78, 5) is 0. The van der Waals surface area contributed by atoms with E-state index >= 15 is 0 Å². The van der Waals surface area contributed by atoms with Crippen LogP contribution in [0.5, 0.6) is 0 Å². The number of nitrogens with zero attached hydrogens (tertiary/aromatic N) is 5. The molecule has 3 aromatic rings. The van der Waals surface area contributed by atoms with E-state index in [0.717, 1.165) is 11.3 Å². The highest BCUT2D eigenvalue weighted by Crippen LogP contribution is 2.12. The summed E-state index contributed by atoms with van der Waals surface area (Å²) in [5, 5.41) is 18.3. The molecule has 0 atom stereocenters. The number of nitrogens with one attached hydrogen (secondary N) is 2. The van der Waals surface area contributed by atoms with Crippen molar-refractivity contribution in [3.63, 3.8) is 0 Å². The predicted octanol–water partition coefficient (Wildman–Crippen LogP) is 2.51. The van der Waals surface area contributed by atoms with Crippen LogP contribution in [0.3, 0.4) is 0 Å². The second kappa shape index (κ2) is 7.58. The molecule has 0 aliphatic heterocycles. The molecule has 2 aromatic carbocycles. The quantitative estimate of drug-likeness (QED) is 0.425. The Morgan fingerprint density at radius 1 is 1.20 bits per heavy atom. The van der Waals surface area contributed by atoms with Crippen LogP contribution < -0.4 is 10.7 Å². The molecule has 126 valence electrons. The van der Waals surface area contributed by atoms with Gasteiger partial charge in [0.15, 0.2) is 5.11 Å². The summed E-state index contributed by atoms with van der Waals surface area (Å²) < 4.78 is 15.1. The number of hydrogen-bond donors (Lipinski definition) is 2. The number of aromatic nitrogens is 4. The van der Waals surface area contributed by atoms with Crippen LogP contribution in [-0.2, 0) is 0 Å². The number of anilines is 1. The van der Waals surface area contributed by atoms with Gasteiger partial charge in [-0.15, -0.1) is 5.10 Å². The number of benzene rings is 2. The van der Waals surface area contributed by atoms with Gasteiger partial charge in [0.1, 0.15) is 12.1 Å². The van der Waals surface area contributed by atoms with Gasteiger partial charge < -0.3 is 5.32 Å². The van der Waals surface area contributed by atoms with Gasteiger partial charge in [-0.05, 0) is 59.4 Å². The zero-order valence-corrected chi connectivity index (χ0v) is 14.0. The first-order valence-electron chi connectivity index (χ1n) is 7.33. The van der Waals surface area contributed by atoms with Crippen LogP contribution in [0.2, 0.25) is 0 Å². The molecule has 25 heavy (non-hydrogen) atoms. The standard InChI is InChI=1S/C16H14FN7S/c1-11(12-5-4-6-13(9-12)24-10-18-22-23-24)20-21-16(25)19-15-8-3-2-7-14(15)17/h2-10H,1H3,(H2,19,21,25)/b20-11-. The highest BCUT2D eigenvalue weighted by atomic mass is 32.1. The molecule has 0 unspecified atom stereocenters. The molecule has 1 aromatic heterocycles. The first kappa shape index (κ1) is 16.7. The second-order valence-electron chi connectivity index (χ2n) is 5.05. The van der Waals surface area contributed by atoms with Crippen molar-refractivity contribution in [1.29, 1.82) is 0 Å². The van der Waals surface area contributed by atoms with Gasteiger partial charge in [-0.1, -0.05) is 24.3 Å². The van der Waals surface area contributed by atoms with Gasteiger partial charge in [-0.2, -0.15) is 5.10 Å². The molecule has 0 aliphatic rings. The molecule has 0 fully saturated rings. The Bertz CT molecular complexity index is 908. The maximum atomic E-state index is 13.6. The summed E-state index contributed by atoms with van der Waals surface area (Å²) >= 11 is 5.13. The minimum atomic E-state index is -0.388. The third-order valence-electron chi connectivity index (χ3n) is 3.32. The van der Waals surface area contributed by atoms with Crippen LogP contribution in [0.25, 0.3) is 5.69 Å². The lowest BCUT2D eigenvalue weighted by Crippen LogP contribution is -2.25. The summed E-state index contributed by atoms with van der Waals surface area (Å²) in [7, 11) is 0. The van der Waals surface area contributed by atoms with Gasteiger partial charge in [0.25, 0.3) is 0 Å². The highest BCUT2D eigenvalue weighted by Gasteiger charge is 2.04. The van der Waals surface area contributed by atoms with Crippen molar-refractivity contribution < 1.29 is 4.39 Å². The topological polar surface area (TPSA) is 80.0 Å². The molecule has 0 saturated heterocycles. The minimum absolute atomic E-state index is 0.195. The van der Waals surface area contributed by atoms with Crippen molar-refractivity contribution in [1.82, 2.24) is 25.6 Å². The largest absolute Gasteiger partial charge is 0.329 e. The van der Waals surface area contributed by atoms with E-state index in [1.807, 2.05) is 31.2 Å². The monoisotopic (exact) mass is 355 g/mol. The van der Waals surface area contributed by atoms with E-state index < -0.39 is 0 Å². The fourth-order valence-corrected chi connectivity index (χ4v) is 2.22. The Hall–Kier alpha value is -3.20. The van der Waals surface area contributed by atoms with E-state index in [1.54, 1.807) is 22.9 Å². The molecule has 1 heterocycles. The summed E-state index contributed by atoms with van der Waals surface area (Å²) in [6, 6.07) is 13.8. The first-order valence-corrected chi connectivity index (χ1v) is 7.74. The Morgan fingerprint density at radius 2 is 2.04 bits per heavy atom. The maximum Gasteiger partial charge on any atom is 0.191 e. The van der Waals surface area contributed by atoms with Crippen LogP contribution in [0.4, 0.5) is 10.1 Å². The maximum absolute atomic E-state index is 13.6. The SMILES string of the molecule is C/C(=N/NC(=S)Nc1ccccc1F)c1cccc(-n2cnnn2)c1. The van der Waals surface area contributed by atoms with Crippen molar-refractivity contribution >= 4 is 28.7 Å². The molecule has 3 rings (SSSR count). The van der Waals surface area contributed by atoms with Gasteiger partial charge in [0, 0.05) is 0 Å². The molecule has 0 radical (unpaired) electrons. The lowest BCUT2D eigenvalue weighted by atomic mass is 10.1. The van der Waals surface area contributed by atoms with E-state index in [4.69, 9.17) is 12.2 Å². The highest BCUT2D eigenvalue weighted by molar-refractivity contribution is 7.80. The van der Waals surface area contributed by atoms with Gasteiger partial charge in [-0.25, -0.2) is 9.07 Å². The molecule has 0 aliphatic carbocycles. The van der Waals surface area contributed by atoms with Crippen LogP contribution in [-0.4, -0.2) is 31.0 Å². The van der Waals surface area contributed by atoms with Crippen LogP contribution in [0.1, 0.15) is 12.5 Å². The number of rotatable bonds is 4. The van der Waals surface area contributed by atoms with E-state index in [1.165, 1.54) is 12.4 Å². The van der Waals surface area contributed by atoms with Gasteiger partial charge in [-0.3, -0.25) is 5.43 Å². The Balaban J connectivity index is 1.68. The zero-order valence-electron chi connectivity index (χ0n) is 13.2. The molecular weight excluding hydrogens is 341 g/mol. The number of hydrogen-bond acceptors (Lipinski definition) is 5. The van der Waals surface area contributed by atoms with E-state index in [9.17, 15) is 4.39 Å². The fraction of sp³-hybridized carbons (Fsp3) is 0.0625. The number of thiocarbonyl (C=S) groups is 1. The number of hydrazone groups is 1. The van der Waals surface area contributed by atoms with Crippen LogP contribution in [0.15, 0.2) is 60.0 Å². The number of para-hydroxylation sites is 1. The number of halogens is 1. The molecule has 0 spiro atoms. The van der Waals surface area contributed by atoms with Crippen molar-refractivity contribution in [3.05, 3.63) is 66.2 Å². The molecule has 9 heteroatoms. The third kappa shape index (κ3) is 4.21. The average molecular weight is 355 g/mol. The van der Waals surface area contributed by atoms with Crippen molar-refractivity contribution in [2.45, 2.75) is 6.92 Å². The molecule has 0 amide bonds. The number of tetrazole rings is 1. The summed E-state index contributed by atoms with van der Waals surface area (Å²) in [5.74, 6) is -0.388. The van der Waals surface area contributed by atoms with Crippen molar-refractivity contribution in [3.8, 4) is 5.69 Å². The third-order valence-corrected chi connectivity index (χ3v) is 3.52. The molecular formula is C16H14FN7S. The summed E-state index contributed by atoms with van der Waals surface area (Å²) in [6.07, 6.45) is 1.51. The normalized spacial score (nSPS) is 11.2. The molecule has 7 nitrogen and oxygen atoms in total. The summed E-state index contributed by atoms with van der Waals surface area (Å²) in [5.41, 5.74) is 5.37.